The molecule has 2 aliphatic rings. The number of benzene rings is 1. The zero-order valence-electron chi connectivity index (χ0n) is 13.4. The van der Waals surface area contributed by atoms with Crippen molar-refractivity contribution in [3.8, 4) is 11.5 Å². The molecule has 0 aliphatic carbocycles. The van der Waals surface area contributed by atoms with Crippen LogP contribution >= 0.6 is 0 Å². The molecule has 1 amide bonds. The number of ether oxygens (including phenoxy) is 2. The molecule has 2 saturated heterocycles. The van der Waals surface area contributed by atoms with Gasteiger partial charge in [-0.3, -0.25) is 4.79 Å². The number of amides is 1. The Labute approximate surface area is 136 Å². The van der Waals surface area contributed by atoms with Crippen LogP contribution in [-0.2, 0) is 4.79 Å². The van der Waals surface area contributed by atoms with Gasteiger partial charge in [-0.25, -0.2) is 0 Å². The number of β-amino-alcohol motifs (C(OH)–C–C–N with tert-alkyl or cyclic N) is 1. The maximum Gasteiger partial charge on any atom is 0.239 e. The van der Waals surface area contributed by atoms with Crippen LogP contribution in [0, 0.1) is 0 Å². The molecule has 2 N–H and O–H groups in total. The fraction of sp³-hybridized carbons (Fsp3) is 0.588. The lowest BCUT2D eigenvalue weighted by Gasteiger charge is -2.33. The number of nitrogens with zero attached hydrogens (tertiary/aromatic N) is 1. The molecule has 0 aromatic heterocycles. The number of para-hydroxylation sites is 2. The fourth-order valence-electron chi connectivity index (χ4n) is 3.22. The number of hydrogen-bond acceptors (Lipinski definition) is 5. The van der Waals surface area contributed by atoms with E-state index in [-0.39, 0.29) is 18.1 Å². The first-order valence-corrected chi connectivity index (χ1v) is 8.17. The predicted molar refractivity (Wildman–Crippen MR) is 85.6 cm³/mol. The molecule has 2 heterocycles. The van der Waals surface area contributed by atoms with Crippen LogP contribution < -0.4 is 14.8 Å². The van der Waals surface area contributed by atoms with Gasteiger partial charge < -0.3 is 24.8 Å². The third-order valence-electron chi connectivity index (χ3n) is 4.52. The number of aliphatic hydroxyl groups is 1. The zero-order chi connectivity index (χ0) is 16.2. The van der Waals surface area contributed by atoms with Gasteiger partial charge in [0.05, 0.1) is 19.3 Å². The normalized spacial score (nSPS) is 25.4. The van der Waals surface area contributed by atoms with E-state index in [1.165, 1.54) is 0 Å². The Hall–Kier alpha value is -1.79. The number of carbonyl (C=O) groups excluding carboxylic acids is 1. The highest BCUT2D eigenvalue weighted by Crippen LogP contribution is 2.29. The predicted octanol–water partition coefficient (Wildman–Crippen LogP) is 0.788. The summed E-state index contributed by atoms with van der Waals surface area (Å²) in [5.41, 5.74) is 0. The summed E-state index contributed by atoms with van der Waals surface area (Å²) in [7, 11) is 1.63. The van der Waals surface area contributed by atoms with Crippen molar-refractivity contribution in [3.63, 3.8) is 0 Å². The first-order chi connectivity index (χ1) is 11.2. The fourth-order valence-corrected chi connectivity index (χ4v) is 3.22. The minimum atomic E-state index is -0.407. The Kier molecular flexibility index (Phi) is 5.03. The van der Waals surface area contributed by atoms with E-state index in [4.69, 9.17) is 9.47 Å². The highest BCUT2D eigenvalue weighted by Gasteiger charge is 2.33. The van der Waals surface area contributed by atoms with Crippen LogP contribution in [0.2, 0.25) is 0 Å². The smallest absolute Gasteiger partial charge is 0.239 e. The topological polar surface area (TPSA) is 71.0 Å². The average Bonchev–Trinajstić information content (AvgIpc) is 3.02. The molecule has 0 spiro atoms. The molecule has 126 valence electrons. The van der Waals surface area contributed by atoms with E-state index >= 15 is 0 Å². The lowest BCUT2D eigenvalue weighted by Crippen LogP contribution is -2.48. The standard InChI is InChI=1S/C17H24N2O4/c1-22-15-4-2-3-5-16(15)23-13-6-8-19(9-7-13)17(21)14-10-12(20)11-18-14/h2-5,12-14,18,20H,6-11H2,1H3/t12-,14+/m1/s1. The van der Waals surface area contributed by atoms with Gasteiger partial charge in [0.1, 0.15) is 6.10 Å². The molecule has 0 unspecified atom stereocenters. The second-order valence-electron chi connectivity index (χ2n) is 6.14. The van der Waals surface area contributed by atoms with Crippen molar-refractivity contribution < 1.29 is 19.4 Å². The monoisotopic (exact) mass is 320 g/mol. The molecule has 0 saturated carbocycles. The number of carbonyl (C=O) groups is 1. The summed E-state index contributed by atoms with van der Waals surface area (Å²) in [6.07, 6.45) is 1.81. The van der Waals surface area contributed by atoms with Crippen LogP contribution in [0.1, 0.15) is 19.3 Å². The Morgan fingerprint density at radius 1 is 1.26 bits per heavy atom. The van der Waals surface area contributed by atoms with Crippen LogP contribution in [0.4, 0.5) is 0 Å². The number of nitrogens with one attached hydrogen (secondary N) is 1. The van der Waals surface area contributed by atoms with Gasteiger partial charge >= 0.3 is 0 Å². The quantitative estimate of drug-likeness (QED) is 0.858. The van der Waals surface area contributed by atoms with Crippen LogP contribution in [0.25, 0.3) is 0 Å². The number of hydrogen-bond donors (Lipinski definition) is 2. The van der Waals surface area contributed by atoms with E-state index in [9.17, 15) is 9.90 Å². The highest BCUT2D eigenvalue weighted by atomic mass is 16.5. The summed E-state index contributed by atoms with van der Waals surface area (Å²) >= 11 is 0. The summed E-state index contributed by atoms with van der Waals surface area (Å²) in [6.45, 7) is 1.88. The minimum absolute atomic E-state index is 0.0947. The summed E-state index contributed by atoms with van der Waals surface area (Å²) in [5.74, 6) is 1.58. The van der Waals surface area contributed by atoms with E-state index in [1.807, 2.05) is 29.2 Å². The average molecular weight is 320 g/mol. The molecule has 23 heavy (non-hydrogen) atoms. The van der Waals surface area contributed by atoms with E-state index < -0.39 is 6.10 Å². The van der Waals surface area contributed by atoms with Gasteiger partial charge in [-0.15, -0.1) is 0 Å². The Bertz CT molecular complexity index is 543. The van der Waals surface area contributed by atoms with Crippen molar-refractivity contribution in [1.82, 2.24) is 10.2 Å². The van der Waals surface area contributed by atoms with Crippen molar-refractivity contribution in [1.29, 1.82) is 0 Å². The van der Waals surface area contributed by atoms with Crippen molar-refractivity contribution in [2.75, 3.05) is 26.7 Å². The maximum absolute atomic E-state index is 12.4. The van der Waals surface area contributed by atoms with Crippen LogP contribution in [0.5, 0.6) is 11.5 Å². The van der Waals surface area contributed by atoms with E-state index in [2.05, 4.69) is 5.32 Å². The number of piperidine rings is 1. The molecule has 3 rings (SSSR count). The molecule has 1 aromatic carbocycles. The third kappa shape index (κ3) is 3.76. The van der Waals surface area contributed by atoms with Gasteiger partial charge in [0, 0.05) is 32.5 Å². The van der Waals surface area contributed by atoms with Crippen molar-refractivity contribution in [2.24, 2.45) is 0 Å². The number of likely N-dealkylation sites (tertiary alicyclic amines) is 1. The van der Waals surface area contributed by atoms with Crippen LogP contribution in [0.15, 0.2) is 24.3 Å². The largest absolute Gasteiger partial charge is 0.493 e. The van der Waals surface area contributed by atoms with E-state index in [0.29, 0.717) is 26.1 Å². The second kappa shape index (κ2) is 7.19. The summed E-state index contributed by atoms with van der Waals surface area (Å²) in [4.78, 5) is 14.3. The van der Waals surface area contributed by atoms with Crippen molar-refractivity contribution in [3.05, 3.63) is 24.3 Å². The van der Waals surface area contributed by atoms with Gasteiger partial charge in [0.2, 0.25) is 5.91 Å². The Morgan fingerprint density at radius 3 is 2.57 bits per heavy atom. The van der Waals surface area contributed by atoms with Gasteiger partial charge in [-0.1, -0.05) is 12.1 Å². The lowest BCUT2D eigenvalue weighted by atomic mass is 10.1. The van der Waals surface area contributed by atoms with Crippen LogP contribution in [-0.4, -0.2) is 60.9 Å². The lowest BCUT2D eigenvalue weighted by molar-refractivity contribution is -0.135. The molecular weight excluding hydrogens is 296 g/mol. The number of methoxy groups -OCH3 is 1. The number of rotatable bonds is 4. The van der Waals surface area contributed by atoms with Gasteiger partial charge in [0.15, 0.2) is 11.5 Å². The molecule has 0 radical (unpaired) electrons. The Morgan fingerprint density at radius 2 is 1.96 bits per heavy atom. The first kappa shape index (κ1) is 16.1. The molecule has 2 aliphatic heterocycles. The molecule has 2 fully saturated rings. The Balaban J connectivity index is 1.51. The molecule has 6 nitrogen and oxygen atoms in total. The molecule has 6 heteroatoms. The summed E-state index contributed by atoms with van der Waals surface area (Å²) in [5, 5.41) is 12.6. The SMILES string of the molecule is COc1ccccc1OC1CCN(C(=O)[C@@H]2C[C@@H](O)CN2)CC1. The zero-order valence-corrected chi connectivity index (χ0v) is 13.4. The van der Waals surface area contributed by atoms with E-state index in [1.54, 1.807) is 7.11 Å². The third-order valence-corrected chi connectivity index (χ3v) is 4.52. The maximum atomic E-state index is 12.4. The molecular formula is C17H24N2O4. The number of aliphatic hydroxyl groups excluding tert-OH is 1. The van der Waals surface area contributed by atoms with Crippen LogP contribution in [0.3, 0.4) is 0 Å². The van der Waals surface area contributed by atoms with Crippen molar-refractivity contribution >= 4 is 5.91 Å². The van der Waals surface area contributed by atoms with Gasteiger partial charge in [0.25, 0.3) is 0 Å². The highest BCUT2D eigenvalue weighted by molar-refractivity contribution is 5.82. The van der Waals surface area contributed by atoms with E-state index in [0.717, 1.165) is 24.3 Å². The molecule has 2 atom stereocenters. The molecule has 1 aromatic rings. The first-order valence-electron chi connectivity index (χ1n) is 8.17. The molecule has 0 bridgehead atoms. The van der Waals surface area contributed by atoms with Gasteiger partial charge in [-0.2, -0.15) is 0 Å². The van der Waals surface area contributed by atoms with Crippen molar-refractivity contribution in [2.45, 2.75) is 37.5 Å². The summed E-state index contributed by atoms with van der Waals surface area (Å²) in [6, 6.07) is 7.38. The van der Waals surface area contributed by atoms with Gasteiger partial charge in [-0.05, 0) is 18.6 Å². The summed E-state index contributed by atoms with van der Waals surface area (Å²) < 4.78 is 11.3. The minimum Gasteiger partial charge on any atom is -0.493 e. The second-order valence-corrected chi connectivity index (χ2v) is 6.14.